The largest absolute Gasteiger partial charge is 0.493 e. The molecule has 50 heavy (non-hydrogen) atoms. The molecule has 4 rings (SSSR count). The minimum Gasteiger partial charge on any atom is -0.493 e. The first-order valence-corrected chi connectivity index (χ1v) is 16.5. The third kappa shape index (κ3) is 9.64. The normalized spacial score (nSPS) is 14.0. The van der Waals surface area contributed by atoms with E-state index in [2.05, 4.69) is 43.8 Å². The highest BCUT2D eigenvalue weighted by Gasteiger charge is 2.32. The topological polar surface area (TPSA) is 172 Å². The predicted molar refractivity (Wildman–Crippen MR) is 190 cm³/mol. The molecule has 0 saturated carbocycles. The van der Waals surface area contributed by atoms with Gasteiger partial charge in [0.2, 0.25) is 0 Å². The number of methoxy groups -OCH3 is 2. The number of nitrogens with zero attached hydrogens (tertiary/aromatic N) is 1. The number of carbonyl (C=O) groups excluding carboxylic acids is 4. The van der Waals surface area contributed by atoms with Crippen LogP contribution in [0.2, 0.25) is 0 Å². The molecule has 3 amide bonds. The number of ether oxygens (including phenoxy) is 6. The maximum absolute atomic E-state index is 12.6. The Morgan fingerprint density at radius 2 is 1.60 bits per heavy atom. The first kappa shape index (κ1) is 37.5. The van der Waals surface area contributed by atoms with Crippen molar-refractivity contribution >= 4 is 52.7 Å². The molecule has 3 aromatic rings. The zero-order valence-corrected chi connectivity index (χ0v) is 30.2. The summed E-state index contributed by atoms with van der Waals surface area (Å²) in [5, 5.41) is 9.35. The number of nitrogens with one attached hydrogen (secondary N) is 3. The van der Waals surface area contributed by atoms with Crippen LogP contribution < -0.4 is 35.0 Å². The number of esters is 2. The van der Waals surface area contributed by atoms with Gasteiger partial charge in [-0.25, -0.2) is 19.8 Å². The molecule has 0 radical (unpaired) electrons. The predicted octanol–water partition coefficient (Wildman–Crippen LogP) is 4.78. The van der Waals surface area contributed by atoms with E-state index in [0.717, 1.165) is 9.13 Å². The van der Waals surface area contributed by atoms with Crippen LogP contribution in [0.5, 0.6) is 23.0 Å². The molecule has 0 bridgehead atoms. The molecule has 0 spiro atoms. The van der Waals surface area contributed by atoms with E-state index in [1.54, 1.807) is 69.3 Å². The Morgan fingerprint density at radius 3 is 2.28 bits per heavy atom. The average molecular weight is 801 g/mol. The van der Waals surface area contributed by atoms with Crippen LogP contribution in [-0.4, -0.2) is 64.1 Å². The summed E-state index contributed by atoms with van der Waals surface area (Å²) in [6.45, 7) is 5.41. The van der Waals surface area contributed by atoms with Gasteiger partial charge >= 0.3 is 18.0 Å². The fourth-order valence-corrected chi connectivity index (χ4v) is 5.60. The molecule has 0 unspecified atom stereocenters. The van der Waals surface area contributed by atoms with Gasteiger partial charge in [0, 0.05) is 5.70 Å². The standard InChI is InChI=1S/C35H37IN4O10/c1-6-47-33(42)23-10-8-21(9-11-23)18-50-32-25(36)14-22(15-28(32)46-5)17-37-40-29(41)19-49-26-13-12-24(16-27(26)45-4)31-30(34(43)48-7-2)20(3)38-35(44)39-31/h8-17,31H,6-7,18-19H2,1-5H3,(H,40,41)(H2,38,39,44)/b37-17+/t31-/m1/s1. The molecule has 0 aliphatic carbocycles. The van der Waals surface area contributed by atoms with Gasteiger partial charge in [-0.05, 0) is 96.5 Å². The van der Waals surface area contributed by atoms with Crippen molar-refractivity contribution in [2.45, 2.75) is 33.4 Å². The lowest BCUT2D eigenvalue weighted by Crippen LogP contribution is -2.45. The molecule has 1 heterocycles. The first-order valence-electron chi connectivity index (χ1n) is 15.4. The van der Waals surface area contributed by atoms with E-state index in [9.17, 15) is 19.2 Å². The average Bonchev–Trinajstić information content (AvgIpc) is 3.10. The molecule has 0 saturated heterocycles. The van der Waals surface area contributed by atoms with Crippen molar-refractivity contribution in [1.82, 2.24) is 16.1 Å². The lowest BCUT2D eigenvalue weighted by atomic mass is 9.95. The van der Waals surface area contributed by atoms with E-state index in [1.165, 1.54) is 20.4 Å². The van der Waals surface area contributed by atoms with Crippen LogP contribution in [0.15, 0.2) is 71.0 Å². The fraction of sp³-hybridized carbons (Fsp3) is 0.286. The van der Waals surface area contributed by atoms with Gasteiger partial charge in [-0.1, -0.05) is 18.2 Å². The second-order valence-electron chi connectivity index (χ2n) is 10.5. The van der Waals surface area contributed by atoms with Crippen LogP contribution in [-0.2, 0) is 25.7 Å². The van der Waals surface area contributed by atoms with Gasteiger partial charge in [-0.15, -0.1) is 0 Å². The Balaban J connectivity index is 1.35. The third-order valence-electron chi connectivity index (χ3n) is 7.15. The van der Waals surface area contributed by atoms with Gasteiger partial charge < -0.3 is 39.1 Å². The van der Waals surface area contributed by atoms with Gasteiger partial charge in [0.25, 0.3) is 5.91 Å². The monoisotopic (exact) mass is 800 g/mol. The maximum Gasteiger partial charge on any atom is 0.338 e. The Hall–Kier alpha value is -5.32. The summed E-state index contributed by atoms with van der Waals surface area (Å²) in [5.74, 6) is 0.0709. The molecule has 3 aromatic carbocycles. The van der Waals surface area contributed by atoms with Crippen LogP contribution in [0.3, 0.4) is 0 Å². The Morgan fingerprint density at radius 1 is 0.900 bits per heavy atom. The molecule has 3 N–H and O–H groups in total. The summed E-state index contributed by atoms with van der Waals surface area (Å²) in [6, 6.07) is 14.1. The van der Waals surface area contributed by atoms with Crippen molar-refractivity contribution < 1.29 is 47.6 Å². The highest BCUT2D eigenvalue weighted by Crippen LogP contribution is 2.35. The Kier molecular flexibility index (Phi) is 13.4. The Bertz CT molecular complexity index is 1790. The number of urea groups is 1. The van der Waals surface area contributed by atoms with Crippen LogP contribution in [0, 0.1) is 3.57 Å². The van der Waals surface area contributed by atoms with E-state index >= 15 is 0 Å². The number of carbonyl (C=O) groups is 4. The zero-order valence-electron chi connectivity index (χ0n) is 28.1. The molecular weight excluding hydrogens is 763 g/mol. The molecule has 0 fully saturated rings. The first-order chi connectivity index (χ1) is 24.1. The van der Waals surface area contributed by atoms with Gasteiger partial charge in [0.1, 0.15) is 6.61 Å². The van der Waals surface area contributed by atoms with Gasteiger partial charge in [0.15, 0.2) is 29.6 Å². The number of rotatable bonds is 15. The van der Waals surface area contributed by atoms with E-state index in [-0.39, 0.29) is 42.9 Å². The molecule has 14 nitrogen and oxygen atoms in total. The molecule has 15 heteroatoms. The van der Waals surface area contributed by atoms with Crippen molar-refractivity contribution in [2.75, 3.05) is 34.0 Å². The number of hydrogen-bond acceptors (Lipinski definition) is 11. The van der Waals surface area contributed by atoms with E-state index < -0.39 is 23.9 Å². The molecular formula is C35H37IN4O10. The SMILES string of the molecule is CCOC(=O)C1=C(C)NC(=O)N[C@@H]1c1ccc(OCC(=O)N/N=C/c2cc(I)c(OCc3ccc(C(=O)OCC)cc3)c(OC)c2)c(OC)c1. The van der Waals surface area contributed by atoms with Crippen molar-refractivity contribution in [3.05, 3.63) is 91.7 Å². The molecule has 1 atom stereocenters. The lowest BCUT2D eigenvalue weighted by Gasteiger charge is -2.28. The number of benzene rings is 3. The number of allylic oxidation sites excluding steroid dienone is 1. The van der Waals surface area contributed by atoms with E-state index in [0.29, 0.717) is 40.5 Å². The maximum atomic E-state index is 12.6. The van der Waals surface area contributed by atoms with Crippen molar-refractivity contribution in [3.63, 3.8) is 0 Å². The Labute approximate surface area is 302 Å². The number of halogens is 1. The van der Waals surface area contributed by atoms with Crippen molar-refractivity contribution in [1.29, 1.82) is 0 Å². The summed E-state index contributed by atoms with van der Waals surface area (Å²) in [7, 11) is 2.95. The number of amides is 3. The molecule has 1 aliphatic rings. The summed E-state index contributed by atoms with van der Waals surface area (Å²) in [4.78, 5) is 49.3. The minimum atomic E-state index is -0.790. The summed E-state index contributed by atoms with van der Waals surface area (Å²) in [6.07, 6.45) is 1.46. The second-order valence-corrected chi connectivity index (χ2v) is 11.7. The van der Waals surface area contributed by atoms with Gasteiger partial charge in [0.05, 0.1) is 54.4 Å². The number of hydrogen-bond donors (Lipinski definition) is 3. The quantitative estimate of drug-likeness (QED) is 0.0841. The summed E-state index contributed by atoms with van der Waals surface area (Å²) < 4.78 is 33.7. The smallest absolute Gasteiger partial charge is 0.338 e. The third-order valence-corrected chi connectivity index (χ3v) is 7.95. The van der Waals surface area contributed by atoms with Crippen molar-refractivity contribution in [2.24, 2.45) is 5.10 Å². The van der Waals surface area contributed by atoms with Crippen LogP contribution >= 0.6 is 22.6 Å². The van der Waals surface area contributed by atoms with Gasteiger partial charge in [-0.2, -0.15) is 5.10 Å². The van der Waals surface area contributed by atoms with Crippen LogP contribution in [0.1, 0.15) is 53.9 Å². The number of hydrazone groups is 1. The minimum absolute atomic E-state index is 0.172. The molecule has 1 aliphatic heterocycles. The highest BCUT2D eigenvalue weighted by molar-refractivity contribution is 14.1. The highest BCUT2D eigenvalue weighted by atomic mass is 127. The second kappa shape index (κ2) is 17.9. The van der Waals surface area contributed by atoms with Crippen molar-refractivity contribution in [3.8, 4) is 23.0 Å². The summed E-state index contributed by atoms with van der Waals surface area (Å²) in [5.41, 5.74) is 5.57. The zero-order chi connectivity index (χ0) is 36.2. The lowest BCUT2D eigenvalue weighted by molar-refractivity contribution is -0.139. The van der Waals surface area contributed by atoms with E-state index in [4.69, 9.17) is 28.4 Å². The molecule has 0 aromatic heterocycles. The molecule has 264 valence electrons. The fourth-order valence-electron chi connectivity index (χ4n) is 4.82. The summed E-state index contributed by atoms with van der Waals surface area (Å²) >= 11 is 2.12. The van der Waals surface area contributed by atoms with E-state index in [1.807, 2.05) is 6.07 Å². The van der Waals surface area contributed by atoms with Crippen LogP contribution in [0.25, 0.3) is 0 Å². The van der Waals surface area contributed by atoms with Gasteiger partial charge in [-0.3, -0.25) is 4.79 Å². The van der Waals surface area contributed by atoms with Crippen LogP contribution in [0.4, 0.5) is 4.79 Å².